The van der Waals surface area contributed by atoms with Crippen LogP contribution in [0.1, 0.15) is 12.0 Å². The number of likely N-dealkylation sites (tertiary alicyclic amines) is 1. The van der Waals surface area contributed by atoms with Gasteiger partial charge in [-0.1, -0.05) is 29.3 Å². The topological polar surface area (TPSA) is 54.5 Å². The van der Waals surface area contributed by atoms with Crippen molar-refractivity contribution in [3.05, 3.63) is 33.8 Å². The molecule has 1 amide bonds. The first-order valence-corrected chi connectivity index (χ1v) is 8.19. The van der Waals surface area contributed by atoms with Crippen LogP contribution in [0.15, 0.2) is 18.2 Å². The molecule has 1 saturated heterocycles. The summed E-state index contributed by atoms with van der Waals surface area (Å²) in [6.45, 7) is 0.529. The zero-order valence-electron chi connectivity index (χ0n) is 10.4. The lowest BCUT2D eigenvalue weighted by Crippen LogP contribution is -2.25. The minimum absolute atomic E-state index is 0.0461. The van der Waals surface area contributed by atoms with Gasteiger partial charge in [-0.25, -0.2) is 0 Å². The highest BCUT2D eigenvalue weighted by Gasteiger charge is 2.32. The molecule has 1 atom stereocenters. The van der Waals surface area contributed by atoms with E-state index in [0.717, 1.165) is 5.56 Å². The highest BCUT2D eigenvalue weighted by atomic mass is 35.5. The van der Waals surface area contributed by atoms with Gasteiger partial charge in [-0.05, 0) is 17.7 Å². The number of hydrogen-bond acceptors (Lipinski definition) is 3. The molecule has 0 spiro atoms. The number of amides is 1. The van der Waals surface area contributed by atoms with E-state index in [1.807, 2.05) is 0 Å². The van der Waals surface area contributed by atoms with Crippen LogP contribution in [0.5, 0.6) is 0 Å². The molecule has 1 aromatic rings. The Morgan fingerprint density at radius 2 is 2.00 bits per heavy atom. The number of carbonyl (C=O) groups excluding carboxylic acids is 1. The summed E-state index contributed by atoms with van der Waals surface area (Å²) in [6.07, 6.45) is 0.0461. The molecule has 4 nitrogen and oxygen atoms in total. The van der Waals surface area contributed by atoms with Crippen molar-refractivity contribution in [1.29, 1.82) is 0 Å². The molecular weight excluding hydrogens is 328 g/mol. The summed E-state index contributed by atoms with van der Waals surface area (Å²) in [6, 6.07) is 5.01. The number of rotatable bonds is 4. The Morgan fingerprint density at radius 1 is 1.30 bits per heavy atom. The maximum atomic E-state index is 12.6. The lowest BCUT2D eigenvalue weighted by molar-refractivity contribution is -0.128. The minimum atomic E-state index is -4.56. The van der Waals surface area contributed by atoms with Crippen LogP contribution in [-0.4, -0.2) is 31.5 Å². The normalized spacial score (nSPS) is 19.6. The fraction of sp³-hybridized carbons (Fsp3) is 0.417. The van der Waals surface area contributed by atoms with Crippen LogP contribution in [0, 0.1) is 5.92 Å². The first kappa shape index (κ1) is 15.5. The molecule has 1 heterocycles. The smallest absolute Gasteiger partial charge is 0.302 e. The number of carbonyl (C=O) groups is 1. The first-order valence-electron chi connectivity index (χ1n) is 5.88. The molecule has 2 rings (SSSR count). The molecule has 0 N–H and O–H groups in total. The Hall–Kier alpha value is -0.850. The Morgan fingerprint density at radius 3 is 2.60 bits per heavy atom. The summed E-state index contributed by atoms with van der Waals surface area (Å²) < 4.78 is 33.9. The summed E-state index contributed by atoms with van der Waals surface area (Å²) in [5.74, 6) is -1.30. The quantitative estimate of drug-likeness (QED) is 0.792. The van der Waals surface area contributed by atoms with Crippen LogP contribution in [0.3, 0.4) is 0 Å². The van der Waals surface area contributed by atoms with E-state index in [-0.39, 0.29) is 18.9 Å². The molecule has 0 bridgehead atoms. The maximum Gasteiger partial charge on any atom is 0.302 e. The molecule has 0 saturated carbocycles. The van der Waals surface area contributed by atoms with Crippen LogP contribution < -0.4 is 0 Å². The third-order valence-electron chi connectivity index (χ3n) is 3.09. The molecule has 0 aliphatic carbocycles. The van der Waals surface area contributed by atoms with Crippen molar-refractivity contribution in [2.75, 3.05) is 12.3 Å². The van der Waals surface area contributed by atoms with Crippen molar-refractivity contribution < 1.29 is 17.1 Å². The molecule has 1 aliphatic rings. The summed E-state index contributed by atoms with van der Waals surface area (Å²) >= 11 is 11.7. The predicted octanol–water partition coefficient (Wildman–Crippen LogP) is 2.64. The third kappa shape index (κ3) is 4.07. The molecule has 1 unspecified atom stereocenters. The van der Waals surface area contributed by atoms with Crippen LogP contribution in [-0.2, 0) is 21.6 Å². The molecule has 1 aromatic carbocycles. The van der Waals surface area contributed by atoms with Crippen LogP contribution in [0.4, 0.5) is 3.89 Å². The average Bonchev–Trinajstić information content (AvgIpc) is 2.62. The van der Waals surface area contributed by atoms with Crippen LogP contribution in [0.2, 0.25) is 10.0 Å². The van der Waals surface area contributed by atoms with Crippen molar-refractivity contribution in [3.8, 4) is 0 Å². The van der Waals surface area contributed by atoms with Gasteiger partial charge in [0, 0.05) is 25.4 Å². The molecule has 0 radical (unpaired) electrons. The van der Waals surface area contributed by atoms with Crippen LogP contribution >= 0.6 is 23.2 Å². The lowest BCUT2D eigenvalue weighted by atomic mass is 10.1. The van der Waals surface area contributed by atoms with E-state index in [0.29, 0.717) is 16.6 Å². The average molecular weight is 340 g/mol. The second-order valence-electron chi connectivity index (χ2n) is 4.80. The fourth-order valence-corrected chi connectivity index (χ4v) is 3.37. The zero-order chi connectivity index (χ0) is 14.9. The lowest BCUT2D eigenvalue weighted by Gasteiger charge is -2.16. The van der Waals surface area contributed by atoms with Crippen molar-refractivity contribution in [2.24, 2.45) is 5.92 Å². The first-order chi connectivity index (χ1) is 9.24. The Bertz CT molecular complexity index is 636. The molecule has 1 fully saturated rings. The molecule has 8 heteroatoms. The van der Waals surface area contributed by atoms with Gasteiger partial charge >= 0.3 is 10.2 Å². The number of benzene rings is 1. The zero-order valence-corrected chi connectivity index (χ0v) is 12.7. The van der Waals surface area contributed by atoms with Crippen molar-refractivity contribution in [3.63, 3.8) is 0 Å². The second-order valence-corrected chi connectivity index (χ2v) is 7.02. The van der Waals surface area contributed by atoms with E-state index in [9.17, 15) is 17.1 Å². The second kappa shape index (κ2) is 5.87. The van der Waals surface area contributed by atoms with E-state index in [2.05, 4.69) is 0 Å². The predicted molar refractivity (Wildman–Crippen MR) is 74.9 cm³/mol. The monoisotopic (exact) mass is 339 g/mol. The third-order valence-corrected chi connectivity index (χ3v) is 4.70. The highest BCUT2D eigenvalue weighted by molar-refractivity contribution is 7.86. The largest absolute Gasteiger partial charge is 0.338 e. The maximum absolute atomic E-state index is 12.6. The van der Waals surface area contributed by atoms with Gasteiger partial charge in [0.05, 0.1) is 15.8 Å². The van der Waals surface area contributed by atoms with Gasteiger partial charge < -0.3 is 4.90 Å². The number of halogens is 3. The van der Waals surface area contributed by atoms with Gasteiger partial charge in [0.2, 0.25) is 5.91 Å². The Kier molecular flexibility index (Phi) is 4.56. The van der Waals surface area contributed by atoms with Gasteiger partial charge in [-0.15, -0.1) is 3.89 Å². The molecule has 1 aliphatic heterocycles. The summed E-state index contributed by atoms with van der Waals surface area (Å²) in [7, 11) is -4.56. The Balaban J connectivity index is 2.03. The number of hydrogen-bond donors (Lipinski definition) is 0. The van der Waals surface area contributed by atoms with Crippen molar-refractivity contribution >= 4 is 39.3 Å². The van der Waals surface area contributed by atoms with Crippen molar-refractivity contribution in [1.82, 2.24) is 4.90 Å². The molecule has 20 heavy (non-hydrogen) atoms. The standard InChI is InChI=1S/C12H12Cl2FNO3S/c13-10-2-1-8(3-11(10)14)5-16-6-9(4-12(16)17)7-20(15,18)19/h1-3,9H,4-7H2. The van der Waals surface area contributed by atoms with E-state index in [4.69, 9.17) is 23.2 Å². The van der Waals surface area contributed by atoms with Gasteiger partial charge in [0.1, 0.15) is 0 Å². The number of nitrogens with zero attached hydrogens (tertiary/aromatic N) is 1. The van der Waals surface area contributed by atoms with E-state index < -0.39 is 21.9 Å². The van der Waals surface area contributed by atoms with Gasteiger partial charge in [-0.2, -0.15) is 8.42 Å². The molecular formula is C12H12Cl2FNO3S. The van der Waals surface area contributed by atoms with Gasteiger partial charge in [0.25, 0.3) is 0 Å². The summed E-state index contributed by atoms with van der Waals surface area (Å²) in [4.78, 5) is 13.3. The van der Waals surface area contributed by atoms with Gasteiger partial charge in [-0.3, -0.25) is 4.79 Å². The molecule has 110 valence electrons. The van der Waals surface area contributed by atoms with Crippen LogP contribution in [0.25, 0.3) is 0 Å². The highest BCUT2D eigenvalue weighted by Crippen LogP contribution is 2.26. The van der Waals surface area contributed by atoms with Gasteiger partial charge in [0.15, 0.2) is 0 Å². The van der Waals surface area contributed by atoms with Crippen molar-refractivity contribution in [2.45, 2.75) is 13.0 Å². The van der Waals surface area contributed by atoms with E-state index in [1.54, 1.807) is 18.2 Å². The summed E-state index contributed by atoms with van der Waals surface area (Å²) in [5, 5.41) is 0.809. The summed E-state index contributed by atoms with van der Waals surface area (Å²) in [5.41, 5.74) is 0.788. The van der Waals surface area contributed by atoms with E-state index in [1.165, 1.54) is 4.90 Å². The Labute approximate surface area is 126 Å². The van der Waals surface area contributed by atoms with E-state index >= 15 is 0 Å². The minimum Gasteiger partial charge on any atom is -0.338 e. The molecule has 0 aromatic heterocycles. The fourth-order valence-electron chi connectivity index (χ4n) is 2.26. The SMILES string of the molecule is O=C1CC(CS(=O)(=O)F)CN1Cc1ccc(Cl)c(Cl)c1.